The van der Waals surface area contributed by atoms with E-state index in [1.807, 2.05) is 6.92 Å². The number of rotatable bonds is 4. The largest absolute Gasteiger partial charge is 0.463 e. The summed E-state index contributed by atoms with van der Waals surface area (Å²) in [6, 6.07) is 0. The van der Waals surface area contributed by atoms with E-state index in [4.69, 9.17) is 4.74 Å². The Morgan fingerprint density at radius 1 is 1.11 bits per heavy atom. The minimum absolute atomic E-state index is 0.175. The second-order valence-corrected chi connectivity index (χ2v) is 6.62. The molecule has 0 aromatic heterocycles. The van der Waals surface area contributed by atoms with Gasteiger partial charge in [-0.2, -0.15) is 0 Å². The maximum atomic E-state index is 11.7. The van der Waals surface area contributed by atoms with Crippen LogP contribution in [0.15, 0.2) is 12.2 Å². The molecule has 0 aliphatic heterocycles. The summed E-state index contributed by atoms with van der Waals surface area (Å²) in [4.78, 5) is 11.7. The van der Waals surface area contributed by atoms with Gasteiger partial charge in [0.25, 0.3) is 0 Å². The standard InChI is InChI=1S/C16H24O2/c1-3-18-16(17)10(2)4-15-13-6-11-5-12(8-13)9-14(15)7-11/h11-15H,2-9H2,1H3. The summed E-state index contributed by atoms with van der Waals surface area (Å²) in [6.45, 7) is 6.26. The first kappa shape index (κ1) is 12.3. The fourth-order valence-corrected chi connectivity index (χ4v) is 4.97. The van der Waals surface area contributed by atoms with Crippen LogP contribution >= 0.6 is 0 Å². The molecule has 0 unspecified atom stereocenters. The van der Waals surface area contributed by atoms with E-state index in [0.29, 0.717) is 12.2 Å². The molecular formula is C16H24O2. The molecule has 0 N–H and O–H groups in total. The van der Waals surface area contributed by atoms with Crippen LogP contribution in [0.1, 0.15) is 45.4 Å². The van der Waals surface area contributed by atoms with Gasteiger partial charge in [0.1, 0.15) is 0 Å². The van der Waals surface area contributed by atoms with Gasteiger partial charge < -0.3 is 4.74 Å². The molecule has 0 spiro atoms. The fourth-order valence-electron chi connectivity index (χ4n) is 4.97. The van der Waals surface area contributed by atoms with Crippen molar-refractivity contribution < 1.29 is 9.53 Å². The van der Waals surface area contributed by atoms with Crippen molar-refractivity contribution in [3.63, 3.8) is 0 Å². The van der Waals surface area contributed by atoms with Gasteiger partial charge in [-0.05, 0) is 75.0 Å². The minimum atomic E-state index is -0.175. The lowest BCUT2D eigenvalue weighted by Crippen LogP contribution is -2.45. The third kappa shape index (κ3) is 2.10. The van der Waals surface area contributed by atoms with E-state index in [9.17, 15) is 4.79 Å². The van der Waals surface area contributed by atoms with Gasteiger partial charge in [-0.25, -0.2) is 4.79 Å². The Morgan fingerprint density at radius 2 is 1.67 bits per heavy atom. The summed E-state index contributed by atoms with van der Waals surface area (Å²) >= 11 is 0. The van der Waals surface area contributed by atoms with Crippen molar-refractivity contribution in [3.05, 3.63) is 12.2 Å². The molecule has 4 rings (SSSR count). The summed E-state index contributed by atoms with van der Waals surface area (Å²) < 4.78 is 5.06. The highest BCUT2D eigenvalue weighted by Gasteiger charge is 2.48. The first-order chi connectivity index (χ1) is 8.67. The maximum absolute atomic E-state index is 11.7. The zero-order chi connectivity index (χ0) is 12.7. The number of esters is 1. The van der Waals surface area contributed by atoms with Gasteiger partial charge in [-0.3, -0.25) is 0 Å². The van der Waals surface area contributed by atoms with E-state index >= 15 is 0 Å². The number of carbonyl (C=O) groups is 1. The molecule has 0 heterocycles. The van der Waals surface area contributed by atoms with Gasteiger partial charge in [-0.1, -0.05) is 6.58 Å². The third-order valence-electron chi connectivity index (χ3n) is 5.47. The Kier molecular flexibility index (Phi) is 3.21. The van der Waals surface area contributed by atoms with Crippen LogP contribution in [0.25, 0.3) is 0 Å². The lowest BCUT2D eigenvalue weighted by Gasteiger charge is -2.54. The quantitative estimate of drug-likeness (QED) is 0.561. The van der Waals surface area contributed by atoms with E-state index in [1.165, 1.54) is 32.1 Å². The molecule has 4 bridgehead atoms. The molecule has 0 atom stereocenters. The first-order valence-corrected chi connectivity index (χ1v) is 7.52. The number of hydrogen-bond donors (Lipinski definition) is 0. The van der Waals surface area contributed by atoms with Crippen molar-refractivity contribution in [2.75, 3.05) is 6.61 Å². The number of ether oxygens (including phenoxy) is 1. The second-order valence-electron chi connectivity index (χ2n) is 6.62. The summed E-state index contributed by atoms with van der Waals surface area (Å²) in [7, 11) is 0. The Hall–Kier alpha value is -0.790. The third-order valence-corrected chi connectivity index (χ3v) is 5.47. The van der Waals surface area contributed by atoms with Crippen LogP contribution < -0.4 is 0 Å². The van der Waals surface area contributed by atoms with Crippen molar-refractivity contribution in [1.29, 1.82) is 0 Å². The van der Waals surface area contributed by atoms with E-state index < -0.39 is 0 Å². The molecule has 2 nitrogen and oxygen atoms in total. The molecule has 4 fully saturated rings. The molecule has 0 saturated heterocycles. The predicted octanol–water partition coefficient (Wildman–Crippen LogP) is 3.57. The average Bonchev–Trinajstić information content (AvgIpc) is 2.33. The molecule has 18 heavy (non-hydrogen) atoms. The summed E-state index contributed by atoms with van der Waals surface area (Å²) in [5.74, 6) is 4.28. The maximum Gasteiger partial charge on any atom is 0.333 e. The summed E-state index contributed by atoms with van der Waals surface area (Å²) in [5, 5.41) is 0. The summed E-state index contributed by atoms with van der Waals surface area (Å²) in [5.41, 5.74) is 0.703. The number of carbonyl (C=O) groups excluding carboxylic acids is 1. The van der Waals surface area contributed by atoms with Crippen molar-refractivity contribution in [1.82, 2.24) is 0 Å². The van der Waals surface area contributed by atoms with Gasteiger partial charge >= 0.3 is 5.97 Å². The van der Waals surface area contributed by atoms with Crippen LogP contribution in [0.4, 0.5) is 0 Å². The van der Waals surface area contributed by atoms with Gasteiger partial charge in [0.05, 0.1) is 6.61 Å². The van der Waals surface area contributed by atoms with Crippen LogP contribution in [0, 0.1) is 29.6 Å². The minimum Gasteiger partial charge on any atom is -0.463 e. The Balaban J connectivity index is 1.63. The van der Waals surface area contributed by atoms with Crippen LogP contribution in [-0.4, -0.2) is 12.6 Å². The van der Waals surface area contributed by atoms with Gasteiger partial charge in [0, 0.05) is 5.57 Å². The molecule has 4 aliphatic rings. The van der Waals surface area contributed by atoms with E-state index in [1.54, 1.807) is 0 Å². The fraction of sp³-hybridized carbons (Fsp3) is 0.812. The zero-order valence-electron chi connectivity index (χ0n) is 11.4. The first-order valence-electron chi connectivity index (χ1n) is 7.52. The molecule has 0 radical (unpaired) electrons. The molecule has 0 amide bonds. The zero-order valence-corrected chi connectivity index (χ0v) is 11.4. The normalized spacial score (nSPS) is 40.8. The van der Waals surface area contributed by atoms with Crippen LogP contribution in [-0.2, 0) is 9.53 Å². The molecule has 4 saturated carbocycles. The molecular weight excluding hydrogens is 224 g/mol. The highest BCUT2D eigenvalue weighted by molar-refractivity contribution is 5.87. The number of hydrogen-bond acceptors (Lipinski definition) is 2. The topological polar surface area (TPSA) is 26.3 Å². The molecule has 0 aromatic carbocycles. The SMILES string of the molecule is C=C(CC1C2CC3CC(C2)CC1C3)C(=O)OCC. The molecule has 2 heteroatoms. The monoisotopic (exact) mass is 248 g/mol. The molecule has 100 valence electrons. The average molecular weight is 248 g/mol. The van der Waals surface area contributed by atoms with Crippen molar-refractivity contribution in [3.8, 4) is 0 Å². The van der Waals surface area contributed by atoms with E-state index in [2.05, 4.69) is 6.58 Å². The van der Waals surface area contributed by atoms with Crippen molar-refractivity contribution >= 4 is 5.97 Å². The van der Waals surface area contributed by atoms with E-state index in [0.717, 1.165) is 36.0 Å². The predicted molar refractivity (Wildman–Crippen MR) is 70.9 cm³/mol. The van der Waals surface area contributed by atoms with Gasteiger partial charge in [0.15, 0.2) is 0 Å². The molecule has 0 aromatic rings. The van der Waals surface area contributed by atoms with Crippen molar-refractivity contribution in [2.45, 2.75) is 45.4 Å². The Morgan fingerprint density at radius 3 is 2.17 bits per heavy atom. The van der Waals surface area contributed by atoms with Crippen LogP contribution in [0.2, 0.25) is 0 Å². The lowest BCUT2D eigenvalue weighted by molar-refractivity contribution is -0.139. The Labute approximate surface area is 110 Å². The smallest absolute Gasteiger partial charge is 0.333 e. The molecule has 4 aliphatic carbocycles. The lowest BCUT2D eigenvalue weighted by atomic mass is 9.51. The van der Waals surface area contributed by atoms with E-state index in [-0.39, 0.29) is 5.97 Å². The van der Waals surface area contributed by atoms with Crippen molar-refractivity contribution in [2.24, 2.45) is 29.6 Å². The Bertz CT molecular complexity index is 330. The van der Waals surface area contributed by atoms with Gasteiger partial charge in [-0.15, -0.1) is 0 Å². The van der Waals surface area contributed by atoms with Gasteiger partial charge in [0.2, 0.25) is 0 Å². The van der Waals surface area contributed by atoms with Crippen LogP contribution in [0.5, 0.6) is 0 Å². The summed E-state index contributed by atoms with van der Waals surface area (Å²) in [6.07, 6.45) is 8.01. The highest BCUT2D eigenvalue weighted by Crippen LogP contribution is 2.57. The second kappa shape index (κ2) is 4.71. The highest BCUT2D eigenvalue weighted by atomic mass is 16.5. The van der Waals surface area contributed by atoms with Crippen LogP contribution in [0.3, 0.4) is 0 Å².